The second kappa shape index (κ2) is 8.29. The molecule has 1 saturated heterocycles. The molecule has 6 nitrogen and oxygen atoms in total. The van der Waals surface area contributed by atoms with Gasteiger partial charge in [-0.1, -0.05) is 19.1 Å². The van der Waals surface area contributed by atoms with Gasteiger partial charge in [-0.15, -0.1) is 0 Å². The van der Waals surface area contributed by atoms with Gasteiger partial charge in [0.15, 0.2) is 0 Å². The summed E-state index contributed by atoms with van der Waals surface area (Å²) >= 11 is 0. The van der Waals surface area contributed by atoms with Crippen LogP contribution in [0.25, 0.3) is 0 Å². The van der Waals surface area contributed by atoms with Crippen molar-refractivity contribution in [3.63, 3.8) is 0 Å². The predicted molar refractivity (Wildman–Crippen MR) is 98.4 cm³/mol. The van der Waals surface area contributed by atoms with Crippen LogP contribution in [0.3, 0.4) is 0 Å². The maximum absolute atomic E-state index is 12.2. The maximum Gasteiger partial charge on any atom is 0.258 e. The van der Waals surface area contributed by atoms with E-state index in [2.05, 4.69) is 34.2 Å². The average Bonchev–Trinajstić information content (AvgIpc) is 3.13. The van der Waals surface area contributed by atoms with Crippen molar-refractivity contribution in [1.82, 2.24) is 9.80 Å². The van der Waals surface area contributed by atoms with E-state index in [0.717, 1.165) is 45.0 Å². The highest BCUT2D eigenvalue weighted by molar-refractivity contribution is 6.04. The van der Waals surface area contributed by atoms with Crippen LogP contribution in [0.4, 0.5) is 5.69 Å². The van der Waals surface area contributed by atoms with Gasteiger partial charge in [0.1, 0.15) is 12.0 Å². The number of amides is 1. The molecule has 3 rings (SSSR count). The largest absolute Gasteiger partial charge is 0.467 e. The van der Waals surface area contributed by atoms with Crippen molar-refractivity contribution in [1.29, 1.82) is 0 Å². The lowest BCUT2D eigenvalue weighted by Crippen LogP contribution is -2.45. The summed E-state index contributed by atoms with van der Waals surface area (Å²) in [6, 6.07) is 9.70. The Kier molecular flexibility index (Phi) is 5.86. The van der Waals surface area contributed by atoms with Gasteiger partial charge in [-0.3, -0.25) is 9.69 Å². The first-order chi connectivity index (χ1) is 12.2. The molecule has 0 radical (unpaired) electrons. The molecule has 0 unspecified atom stereocenters. The van der Waals surface area contributed by atoms with Crippen LogP contribution >= 0.6 is 0 Å². The maximum atomic E-state index is 12.2. The van der Waals surface area contributed by atoms with Crippen LogP contribution in [-0.4, -0.2) is 48.4 Å². The number of benzene rings is 1. The topological polar surface area (TPSA) is 74.7 Å². The third kappa shape index (κ3) is 4.69. The standard InChI is InChI=1S/C19H26N4O2/c1-2-22-7-9-23(10-8-22)13-15-3-5-17(6-4-15)21-19(24)16-11-18(12-20)25-14-16/h3-6,11,14H,2,7-10,12-13,20H2,1H3,(H,21,24). The smallest absolute Gasteiger partial charge is 0.258 e. The first kappa shape index (κ1) is 17.7. The molecule has 0 spiro atoms. The van der Waals surface area contributed by atoms with Gasteiger partial charge in [0.2, 0.25) is 0 Å². The number of piperazine rings is 1. The zero-order chi connectivity index (χ0) is 17.6. The first-order valence-corrected chi connectivity index (χ1v) is 8.80. The zero-order valence-electron chi connectivity index (χ0n) is 14.7. The van der Waals surface area contributed by atoms with Crippen molar-refractivity contribution in [2.24, 2.45) is 5.73 Å². The molecule has 1 aromatic heterocycles. The van der Waals surface area contributed by atoms with Crippen LogP contribution < -0.4 is 11.1 Å². The highest BCUT2D eigenvalue weighted by atomic mass is 16.3. The molecular formula is C19H26N4O2. The van der Waals surface area contributed by atoms with E-state index in [9.17, 15) is 4.79 Å². The summed E-state index contributed by atoms with van der Waals surface area (Å²) < 4.78 is 5.20. The van der Waals surface area contributed by atoms with E-state index >= 15 is 0 Å². The zero-order valence-corrected chi connectivity index (χ0v) is 14.7. The molecule has 6 heteroatoms. The van der Waals surface area contributed by atoms with Gasteiger partial charge in [0.25, 0.3) is 5.91 Å². The van der Waals surface area contributed by atoms with Crippen LogP contribution in [-0.2, 0) is 13.1 Å². The number of nitrogens with two attached hydrogens (primary N) is 1. The molecule has 134 valence electrons. The summed E-state index contributed by atoms with van der Waals surface area (Å²) in [5.74, 6) is 0.413. The lowest BCUT2D eigenvalue weighted by Gasteiger charge is -2.34. The molecule has 2 aromatic rings. The Bertz CT molecular complexity index is 688. The molecule has 0 atom stereocenters. The van der Waals surface area contributed by atoms with Crippen LogP contribution in [0.15, 0.2) is 41.0 Å². The van der Waals surface area contributed by atoms with Crippen molar-refractivity contribution in [3.05, 3.63) is 53.5 Å². The Hall–Kier alpha value is -2.15. The third-order valence-electron chi connectivity index (χ3n) is 4.65. The summed E-state index contributed by atoms with van der Waals surface area (Å²) in [4.78, 5) is 17.1. The van der Waals surface area contributed by atoms with E-state index in [4.69, 9.17) is 10.2 Å². The van der Waals surface area contributed by atoms with E-state index < -0.39 is 0 Å². The number of carbonyl (C=O) groups is 1. The number of anilines is 1. The third-order valence-corrected chi connectivity index (χ3v) is 4.65. The second-order valence-corrected chi connectivity index (χ2v) is 6.37. The van der Waals surface area contributed by atoms with E-state index in [1.165, 1.54) is 11.8 Å². The van der Waals surface area contributed by atoms with Crippen molar-refractivity contribution in [3.8, 4) is 0 Å². The molecule has 1 amide bonds. The van der Waals surface area contributed by atoms with Crippen molar-refractivity contribution in [2.75, 3.05) is 38.0 Å². The Balaban J connectivity index is 1.52. The summed E-state index contributed by atoms with van der Waals surface area (Å²) in [7, 11) is 0. The molecule has 25 heavy (non-hydrogen) atoms. The molecule has 2 heterocycles. The minimum atomic E-state index is -0.188. The lowest BCUT2D eigenvalue weighted by molar-refractivity contribution is 0.102. The first-order valence-electron chi connectivity index (χ1n) is 8.80. The lowest BCUT2D eigenvalue weighted by atomic mass is 10.1. The number of nitrogens with zero attached hydrogens (tertiary/aromatic N) is 2. The van der Waals surface area contributed by atoms with Gasteiger partial charge in [0, 0.05) is 38.4 Å². The molecule has 1 aliphatic heterocycles. The molecular weight excluding hydrogens is 316 g/mol. The Morgan fingerprint density at radius 1 is 1.16 bits per heavy atom. The number of hydrogen-bond donors (Lipinski definition) is 2. The van der Waals surface area contributed by atoms with Crippen LogP contribution in [0.5, 0.6) is 0 Å². The van der Waals surface area contributed by atoms with E-state index in [1.54, 1.807) is 6.07 Å². The van der Waals surface area contributed by atoms with Crippen molar-refractivity contribution < 1.29 is 9.21 Å². The average molecular weight is 342 g/mol. The number of furan rings is 1. The van der Waals surface area contributed by atoms with Gasteiger partial charge < -0.3 is 20.4 Å². The minimum absolute atomic E-state index is 0.188. The predicted octanol–water partition coefficient (Wildman–Crippen LogP) is 2.13. The second-order valence-electron chi connectivity index (χ2n) is 6.37. The SMILES string of the molecule is CCN1CCN(Cc2ccc(NC(=O)c3coc(CN)c3)cc2)CC1. The van der Waals surface area contributed by atoms with Gasteiger partial charge in [-0.2, -0.15) is 0 Å². The van der Waals surface area contributed by atoms with Crippen LogP contribution in [0.2, 0.25) is 0 Å². The summed E-state index contributed by atoms with van der Waals surface area (Å²) in [6.07, 6.45) is 1.43. The number of nitrogens with one attached hydrogen (secondary N) is 1. The van der Waals surface area contributed by atoms with Gasteiger partial charge >= 0.3 is 0 Å². The number of hydrogen-bond acceptors (Lipinski definition) is 5. The van der Waals surface area contributed by atoms with E-state index in [0.29, 0.717) is 11.3 Å². The number of carbonyl (C=O) groups excluding carboxylic acids is 1. The Morgan fingerprint density at radius 3 is 2.44 bits per heavy atom. The fourth-order valence-electron chi connectivity index (χ4n) is 3.03. The highest BCUT2D eigenvalue weighted by Crippen LogP contribution is 2.15. The normalized spacial score (nSPS) is 16.1. The van der Waals surface area contributed by atoms with E-state index in [1.807, 2.05) is 12.1 Å². The minimum Gasteiger partial charge on any atom is -0.467 e. The highest BCUT2D eigenvalue weighted by Gasteiger charge is 2.15. The molecule has 0 bridgehead atoms. The van der Waals surface area contributed by atoms with E-state index in [-0.39, 0.29) is 12.5 Å². The summed E-state index contributed by atoms with van der Waals surface area (Å²) in [6.45, 7) is 9.07. The Morgan fingerprint density at radius 2 is 1.84 bits per heavy atom. The van der Waals surface area contributed by atoms with Gasteiger partial charge in [-0.05, 0) is 30.3 Å². The summed E-state index contributed by atoms with van der Waals surface area (Å²) in [5.41, 5.74) is 8.02. The molecule has 0 saturated carbocycles. The molecule has 1 aromatic carbocycles. The number of likely N-dealkylation sites (N-methyl/N-ethyl adjacent to an activating group) is 1. The molecule has 1 fully saturated rings. The molecule has 3 N–H and O–H groups in total. The summed E-state index contributed by atoms with van der Waals surface area (Å²) in [5, 5.41) is 2.88. The Labute approximate surface area is 148 Å². The fourth-order valence-corrected chi connectivity index (χ4v) is 3.03. The van der Waals surface area contributed by atoms with Crippen molar-refractivity contribution >= 4 is 11.6 Å². The quantitative estimate of drug-likeness (QED) is 0.841. The monoisotopic (exact) mass is 342 g/mol. The van der Waals surface area contributed by atoms with Crippen molar-refractivity contribution in [2.45, 2.75) is 20.0 Å². The molecule has 1 aliphatic rings. The van der Waals surface area contributed by atoms with Gasteiger partial charge in [-0.25, -0.2) is 0 Å². The fraction of sp³-hybridized carbons (Fsp3) is 0.421. The van der Waals surface area contributed by atoms with Crippen LogP contribution in [0.1, 0.15) is 28.6 Å². The van der Waals surface area contributed by atoms with Crippen LogP contribution in [0, 0.1) is 0 Å². The number of rotatable bonds is 6. The van der Waals surface area contributed by atoms with Gasteiger partial charge in [0.05, 0.1) is 12.1 Å². The molecule has 0 aliphatic carbocycles.